The van der Waals surface area contributed by atoms with Crippen molar-refractivity contribution in [3.05, 3.63) is 72.4 Å². The van der Waals surface area contributed by atoms with Gasteiger partial charge in [0.2, 0.25) is 0 Å². The van der Waals surface area contributed by atoms with Crippen LogP contribution in [0.1, 0.15) is 32.6 Å². The highest BCUT2D eigenvalue weighted by Gasteiger charge is 2.41. The maximum absolute atomic E-state index is 4.77. The molecule has 0 nitrogen and oxygen atoms in total. The van der Waals surface area contributed by atoms with Gasteiger partial charge in [-0.1, -0.05) is 129 Å². The lowest BCUT2D eigenvalue weighted by Crippen LogP contribution is -2.53. The molecule has 0 saturated carbocycles. The van der Waals surface area contributed by atoms with Gasteiger partial charge in [0.1, 0.15) is 8.07 Å². The minimum absolute atomic E-state index is 0.651. The second-order valence-electron chi connectivity index (χ2n) is 8.65. The van der Waals surface area contributed by atoms with E-state index in [4.69, 9.17) is 6.58 Å². The minimum atomic E-state index is -1.71. The number of benzene rings is 2. The molecule has 26 heavy (non-hydrogen) atoms. The van der Waals surface area contributed by atoms with Crippen LogP contribution in [0.15, 0.2) is 72.4 Å². The van der Waals surface area contributed by atoms with Gasteiger partial charge in [0, 0.05) is 0 Å². The van der Waals surface area contributed by atoms with E-state index in [0.29, 0.717) is 5.54 Å². The summed E-state index contributed by atoms with van der Waals surface area (Å²) in [6, 6.07) is 22.4. The number of hydrogen-bond donors (Lipinski definition) is 0. The molecule has 1 unspecified atom stereocenters. The first kappa shape index (κ1) is 20.9. The fourth-order valence-corrected chi connectivity index (χ4v) is 11.9. The van der Waals surface area contributed by atoms with Crippen molar-refractivity contribution in [1.82, 2.24) is 0 Å². The highest BCUT2D eigenvalue weighted by molar-refractivity contribution is 7.00. The number of rotatable bonds is 9. The molecule has 0 amide bonds. The third kappa shape index (κ3) is 4.66. The lowest BCUT2D eigenvalue weighted by atomic mass is 10.1. The molecule has 0 radical (unpaired) electrons. The van der Waals surface area contributed by atoms with E-state index in [1.54, 1.807) is 10.4 Å². The van der Waals surface area contributed by atoms with Gasteiger partial charge in [-0.3, -0.25) is 0 Å². The summed E-state index contributed by atoms with van der Waals surface area (Å²) in [5, 5.41) is 4.64. The molecule has 0 N–H and O–H groups in total. The first-order valence-electron chi connectivity index (χ1n) is 10.1. The van der Waals surface area contributed by atoms with Crippen molar-refractivity contribution in [2.75, 3.05) is 0 Å². The Bertz CT molecular complexity index is 687. The van der Waals surface area contributed by atoms with Gasteiger partial charge in [-0.2, -0.15) is 0 Å². The normalized spacial score (nSPS) is 13.4. The van der Waals surface area contributed by atoms with E-state index in [-0.39, 0.29) is 0 Å². The third-order valence-corrected chi connectivity index (χ3v) is 14.4. The van der Waals surface area contributed by atoms with E-state index in [0.717, 1.165) is 0 Å². The van der Waals surface area contributed by atoms with E-state index < -0.39 is 16.1 Å². The maximum Gasteiger partial charge on any atom is 0.106 e. The zero-order valence-corrected chi connectivity index (χ0v) is 19.4. The summed E-state index contributed by atoms with van der Waals surface area (Å²) in [5.74, 6) is 0. The van der Waals surface area contributed by atoms with Gasteiger partial charge in [0.25, 0.3) is 0 Å². The first-order valence-corrected chi connectivity index (χ1v) is 16.2. The Hall–Kier alpha value is -1.39. The van der Waals surface area contributed by atoms with Crippen LogP contribution in [0.3, 0.4) is 0 Å². The second kappa shape index (κ2) is 9.01. The van der Waals surface area contributed by atoms with Crippen molar-refractivity contribution in [1.29, 1.82) is 0 Å². The Morgan fingerprint density at radius 1 is 0.808 bits per heavy atom. The van der Waals surface area contributed by atoms with Crippen LogP contribution in [0.25, 0.3) is 0 Å². The van der Waals surface area contributed by atoms with E-state index in [9.17, 15) is 0 Å². The van der Waals surface area contributed by atoms with E-state index in [2.05, 4.69) is 93.8 Å². The summed E-state index contributed by atoms with van der Waals surface area (Å²) >= 11 is 0. The van der Waals surface area contributed by atoms with Crippen molar-refractivity contribution in [3.8, 4) is 0 Å². The average molecular weight is 381 g/mol. The summed E-state index contributed by atoms with van der Waals surface area (Å²) in [5.41, 5.74) is 0.651. The molecule has 140 valence electrons. The van der Waals surface area contributed by atoms with Crippen LogP contribution in [0.4, 0.5) is 0 Å². The quantitative estimate of drug-likeness (QED) is 0.355. The van der Waals surface area contributed by atoms with Crippen LogP contribution < -0.4 is 10.4 Å². The molecule has 0 aliphatic rings. The van der Waals surface area contributed by atoms with Gasteiger partial charge in [0.15, 0.2) is 0 Å². The number of allylic oxidation sites excluding steroid dienone is 1. The van der Waals surface area contributed by atoms with Gasteiger partial charge in [0.05, 0.1) is 8.07 Å². The third-order valence-electron chi connectivity index (χ3n) is 6.20. The molecule has 2 heteroatoms. The van der Waals surface area contributed by atoms with Gasteiger partial charge in [-0.15, -0.1) is 6.58 Å². The van der Waals surface area contributed by atoms with Crippen molar-refractivity contribution in [3.63, 3.8) is 0 Å². The molecule has 0 saturated heterocycles. The summed E-state index contributed by atoms with van der Waals surface area (Å²) in [4.78, 5) is 0. The monoisotopic (exact) mass is 380 g/mol. The summed E-state index contributed by atoms with van der Waals surface area (Å²) < 4.78 is 0. The zero-order chi connectivity index (χ0) is 19.2. The van der Waals surface area contributed by atoms with Gasteiger partial charge >= 0.3 is 0 Å². The zero-order valence-electron chi connectivity index (χ0n) is 17.4. The Kier molecular flexibility index (Phi) is 7.25. The predicted octanol–water partition coefficient (Wildman–Crippen LogP) is 6.26. The molecule has 0 fully saturated rings. The lowest BCUT2D eigenvalue weighted by molar-refractivity contribution is 0.662. The van der Waals surface area contributed by atoms with Crippen LogP contribution >= 0.6 is 0 Å². The minimum Gasteiger partial charge on any atom is -0.103 e. The molecule has 0 bridgehead atoms. The largest absolute Gasteiger partial charge is 0.106 e. The SMILES string of the molecule is C=C(C(CCCCC)[Si](C)(C)c1ccccc1)[Si](C)(C)c1ccccc1. The Balaban J connectivity index is 2.39. The number of unbranched alkanes of at least 4 members (excludes halogenated alkanes) is 2. The number of hydrogen-bond acceptors (Lipinski definition) is 0. The molecule has 2 aromatic carbocycles. The lowest BCUT2D eigenvalue weighted by Gasteiger charge is -2.40. The van der Waals surface area contributed by atoms with E-state index >= 15 is 0 Å². The van der Waals surface area contributed by atoms with Crippen molar-refractivity contribution >= 4 is 26.5 Å². The standard InChI is InChI=1S/C24H36Si2/c1-7-8-11-20-24(26(5,6)23-18-14-10-15-19-23)21(2)25(3,4)22-16-12-9-13-17-22/h9-10,12-19,24H,2,7-8,11,20H2,1,3-6H3. The Morgan fingerprint density at radius 3 is 1.81 bits per heavy atom. The summed E-state index contributed by atoms with van der Waals surface area (Å²) in [6.45, 7) is 17.2. The van der Waals surface area contributed by atoms with E-state index in [1.165, 1.54) is 30.9 Å². The highest BCUT2D eigenvalue weighted by Crippen LogP contribution is 2.38. The summed E-state index contributed by atoms with van der Waals surface area (Å²) in [6.07, 6.45) is 5.23. The van der Waals surface area contributed by atoms with Crippen LogP contribution in [0.2, 0.25) is 31.7 Å². The smallest absolute Gasteiger partial charge is 0.103 e. The molecule has 1 atom stereocenters. The molecular formula is C24H36Si2. The van der Waals surface area contributed by atoms with E-state index in [1.807, 2.05) is 0 Å². The first-order chi connectivity index (χ1) is 12.3. The molecule has 0 aromatic heterocycles. The van der Waals surface area contributed by atoms with Crippen LogP contribution in [-0.4, -0.2) is 16.1 Å². The van der Waals surface area contributed by atoms with Gasteiger partial charge in [-0.25, -0.2) is 0 Å². The van der Waals surface area contributed by atoms with Crippen molar-refractivity contribution in [2.24, 2.45) is 0 Å². The van der Waals surface area contributed by atoms with Crippen LogP contribution in [-0.2, 0) is 0 Å². The molecule has 0 spiro atoms. The topological polar surface area (TPSA) is 0 Å². The Labute approximate surface area is 163 Å². The van der Waals surface area contributed by atoms with Gasteiger partial charge < -0.3 is 0 Å². The molecule has 2 rings (SSSR count). The fourth-order valence-electron chi connectivity index (χ4n) is 4.11. The van der Waals surface area contributed by atoms with Crippen molar-refractivity contribution in [2.45, 2.75) is 64.3 Å². The molecule has 0 aliphatic carbocycles. The average Bonchev–Trinajstić information content (AvgIpc) is 2.66. The molecule has 0 heterocycles. The van der Waals surface area contributed by atoms with Gasteiger partial charge in [-0.05, 0) is 12.0 Å². The predicted molar refractivity (Wildman–Crippen MR) is 124 cm³/mol. The van der Waals surface area contributed by atoms with Crippen LogP contribution in [0.5, 0.6) is 0 Å². The Morgan fingerprint density at radius 2 is 1.31 bits per heavy atom. The maximum atomic E-state index is 4.77. The van der Waals surface area contributed by atoms with Crippen LogP contribution in [0, 0.1) is 0 Å². The summed E-state index contributed by atoms with van der Waals surface area (Å²) in [7, 11) is -3.34. The molecular weight excluding hydrogens is 344 g/mol. The highest BCUT2D eigenvalue weighted by atomic mass is 28.3. The molecule has 2 aromatic rings. The molecule has 0 aliphatic heterocycles. The van der Waals surface area contributed by atoms with Crippen molar-refractivity contribution < 1.29 is 0 Å². The fraction of sp³-hybridized carbons (Fsp3) is 0.417. The second-order valence-corrected chi connectivity index (χ2v) is 17.8.